The first-order valence-electron chi connectivity index (χ1n) is 21.1. The summed E-state index contributed by atoms with van der Waals surface area (Å²) in [6, 6.07) is 4.51. The van der Waals surface area contributed by atoms with Crippen molar-refractivity contribution in [2.45, 2.75) is 69.2 Å². The van der Waals surface area contributed by atoms with Gasteiger partial charge in [0.05, 0.1) is 48.7 Å². The minimum Gasteiger partial charge on any atom is -0.481 e. The lowest BCUT2D eigenvalue weighted by molar-refractivity contribution is -0.146. The van der Waals surface area contributed by atoms with Crippen LogP contribution in [-0.2, 0) is 54.4 Å². The molecule has 0 aliphatic rings. The topological polar surface area (TPSA) is 430 Å². The Kier molecular flexibility index (Phi) is 23.1. The minimum absolute atomic E-state index is 0.0144. The van der Waals surface area contributed by atoms with E-state index >= 15 is 0 Å². The summed E-state index contributed by atoms with van der Waals surface area (Å²) in [6.45, 7) is -0.277. The Hall–Kier alpha value is -7.90. The number of hydrogen-bond donors (Lipinski definition) is 12. The number of nitrogen functional groups attached to an aromatic ring is 1. The zero-order valence-corrected chi connectivity index (χ0v) is 39.1. The Morgan fingerprint density at radius 3 is 2.01 bits per heavy atom. The van der Waals surface area contributed by atoms with Crippen molar-refractivity contribution in [3.05, 3.63) is 63.9 Å². The van der Waals surface area contributed by atoms with Crippen molar-refractivity contribution in [1.82, 2.24) is 31.2 Å². The van der Waals surface area contributed by atoms with Gasteiger partial charge in [-0.25, -0.2) is 14.6 Å². The molecule has 0 saturated heterocycles. The van der Waals surface area contributed by atoms with Crippen molar-refractivity contribution in [3.8, 4) is 12.3 Å². The molecule has 4 amide bonds. The molecule has 14 N–H and O–H groups in total. The summed E-state index contributed by atoms with van der Waals surface area (Å²) in [6.07, 6.45) is 1.53. The van der Waals surface area contributed by atoms with E-state index in [1.54, 1.807) is 30.3 Å². The van der Waals surface area contributed by atoms with E-state index in [1.807, 2.05) is 15.5 Å². The van der Waals surface area contributed by atoms with Gasteiger partial charge in [-0.15, -0.1) is 6.42 Å². The van der Waals surface area contributed by atoms with Gasteiger partial charge in [0.15, 0.2) is 0 Å². The molecule has 0 bridgehead atoms. The lowest BCUT2D eigenvalue weighted by Gasteiger charge is -2.27. The number of amides is 4. The summed E-state index contributed by atoms with van der Waals surface area (Å²) in [5.41, 5.74) is 12.4. The Labute approximate surface area is 410 Å². The highest BCUT2D eigenvalue weighted by Gasteiger charge is 2.36. The third kappa shape index (κ3) is 19.6. The molecule has 5 unspecified atom stereocenters. The number of benzene rings is 2. The second-order valence-electron chi connectivity index (χ2n) is 15.2. The van der Waals surface area contributed by atoms with Gasteiger partial charge in [-0.3, -0.25) is 48.1 Å². The number of aromatic amines is 1. The number of esters is 1. The molecule has 0 spiro atoms. The maximum absolute atomic E-state index is 13.3. The van der Waals surface area contributed by atoms with Gasteiger partial charge in [-0.05, 0) is 48.4 Å². The third-order valence-corrected chi connectivity index (χ3v) is 12.3. The molecule has 0 radical (unpaired) electrons. The molecule has 0 aliphatic carbocycles. The van der Waals surface area contributed by atoms with Crippen molar-refractivity contribution in [2.75, 3.05) is 41.8 Å². The van der Waals surface area contributed by atoms with E-state index in [4.69, 9.17) is 22.6 Å². The molecule has 0 saturated carbocycles. The van der Waals surface area contributed by atoms with Crippen molar-refractivity contribution >= 4 is 104 Å². The Bertz CT molecular complexity index is 2560. The fourth-order valence-corrected chi connectivity index (χ4v) is 8.31. The molecule has 0 fully saturated rings. The van der Waals surface area contributed by atoms with E-state index in [0.29, 0.717) is 16.6 Å². The van der Waals surface area contributed by atoms with Gasteiger partial charge in [0.1, 0.15) is 24.7 Å². The van der Waals surface area contributed by atoms with Crippen molar-refractivity contribution in [3.63, 3.8) is 0 Å². The van der Waals surface area contributed by atoms with Crippen molar-refractivity contribution in [2.24, 2.45) is 11.7 Å². The van der Waals surface area contributed by atoms with Crippen LogP contribution in [0.4, 0.5) is 11.6 Å². The smallest absolute Gasteiger partial charge is 0.327 e. The summed E-state index contributed by atoms with van der Waals surface area (Å²) >= 11 is 0. The van der Waals surface area contributed by atoms with Crippen LogP contribution in [0.25, 0.3) is 10.9 Å². The van der Waals surface area contributed by atoms with Gasteiger partial charge in [-0.1, -0.05) is 33.6 Å². The lowest BCUT2D eigenvalue weighted by atomic mass is 9.91. The first-order chi connectivity index (χ1) is 33.6. The fourth-order valence-electron chi connectivity index (χ4n) is 6.49. The van der Waals surface area contributed by atoms with Gasteiger partial charge in [-0.2, -0.15) is 0 Å². The van der Waals surface area contributed by atoms with Crippen LogP contribution in [0.3, 0.4) is 0 Å². The SMILES string of the molecule is C#CCN(Cc1ccc2nc(N)[nH]c(=O)c2c1)c1ccc(C(=O)NC(CCC(=O)OCCSSCCC(=O)NC(CC(=O)O)C(CC(=O)O)C(=O)NC(CC(=O)O)C(=O)NC(CN)C(=O)O)C(=O)O)cc1. The number of anilines is 2. The number of nitrogens with one attached hydrogen (secondary N) is 5. The van der Waals surface area contributed by atoms with Crippen LogP contribution in [0.15, 0.2) is 47.3 Å². The number of carboxylic acid groups (broad SMARTS) is 5. The monoisotopic (exact) mass is 1030 g/mol. The molecule has 71 heavy (non-hydrogen) atoms. The average molecular weight is 1030 g/mol. The van der Waals surface area contributed by atoms with E-state index in [2.05, 4.69) is 26.5 Å². The number of H-pyrrole nitrogens is 1. The first-order valence-corrected chi connectivity index (χ1v) is 23.6. The molecule has 1 heterocycles. The summed E-state index contributed by atoms with van der Waals surface area (Å²) in [7, 11) is 2.29. The lowest BCUT2D eigenvalue weighted by Crippen LogP contribution is -2.57. The number of fused-ring (bicyclic) bond motifs is 1. The molecule has 3 rings (SSSR count). The number of nitrogens with zero attached hydrogens (tertiary/aromatic N) is 2. The maximum atomic E-state index is 13.3. The summed E-state index contributed by atoms with van der Waals surface area (Å²) in [4.78, 5) is 143. The number of aromatic nitrogens is 2. The quantitative estimate of drug-likeness (QED) is 0.0158. The van der Waals surface area contributed by atoms with Gasteiger partial charge in [0.25, 0.3) is 11.5 Å². The van der Waals surface area contributed by atoms with E-state index in [1.165, 1.54) is 12.1 Å². The van der Waals surface area contributed by atoms with Gasteiger partial charge < -0.3 is 67.9 Å². The summed E-state index contributed by atoms with van der Waals surface area (Å²) < 4.78 is 5.15. The molecule has 26 nitrogen and oxygen atoms in total. The summed E-state index contributed by atoms with van der Waals surface area (Å²) in [5.74, 6) is -11.7. The van der Waals surface area contributed by atoms with Crippen molar-refractivity contribution in [1.29, 1.82) is 0 Å². The normalized spacial score (nSPS) is 12.9. The highest BCUT2D eigenvalue weighted by atomic mass is 33.1. The highest BCUT2D eigenvalue weighted by molar-refractivity contribution is 8.76. The Morgan fingerprint density at radius 1 is 0.775 bits per heavy atom. The van der Waals surface area contributed by atoms with E-state index < -0.39 is 121 Å². The average Bonchev–Trinajstić information content (AvgIpc) is 3.29. The molecule has 382 valence electrons. The molecule has 5 atom stereocenters. The van der Waals surface area contributed by atoms with E-state index in [-0.39, 0.29) is 62.0 Å². The predicted molar refractivity (Wildman–Crippen MR) is 254 cm³/mol. The van der Waals surface area contributed by atoms with Crippen LogP contribution in [0.1, 0.15) is 54.4 Å². The van der Waals surface area contributed by atoms with Crippen LogP contribution in [-0.4, -0.2) is 150 Å². The Balaban J connectivity index is 1.46. The molecule has 3 aromatic rings. The zero-order chi connectivity index (χ0) is 52.8. The van der Waals surface area contributed by atoms with Gasteiger partial charge in [0, 0.05) is 48.7 Å². The number of hydrogen-bond acceptors (Lipinski definition) is 18. The molecular formula is C43H51N9O17S2. The predicted octanol–water partition coefficient (Wildman–Crippen LogP) is -1.04. The number of rotatable bonds is 31. The second kappa shape index (κ2) is 28.6. The van der Waals surface area contributed by atoms with Crippen molar-refractivity contribution < 1.29 is 78.2 Å². The third-order valence-electron chi connectivity index (χ3n) is 9.92. The van der Waals surface area contributed by atoms with Crippen LogP contribution >= 0.6 is 21.6 Å². The molecule has 2 aromatic carbocycles. The summed E-state index contributed by atoms with van der Waals surface area (Å²) in [5, 5.41) is 56.1. The number of terminal acetylenes is 1. The van der Waals surface area contributed by atoms with Crippen LogP contribution in [0, 0.1) is 18.3 Å². The van der Waals surface area contributed by atoms with E-state index in [0.717, 1.165) is 27.2 Å². The minimum atomic E-state index is -1.95. The molecular weight excluding hydrogens is 979 g/mol. The number of carbonyl (C=O) groups excluding carboxylic acids is 5. The Morgan fingerprint density at radius 2 is 1.41 bits per heavy atom. The molecule has 1 aromatic heterocycles. The second-order valence-corrected chi connectivity index (χ2v) is 17.9. The molecule has 0 aliphatic heterocycles. The highest BCUT2D eigenvalue weighted by Crippen LogP contribution is 2.23. The van der Waals surface area contributed by atoms with E-state index in [9.17, 15) is 78.3 Å². The van der Waals surface area contributed by atoms with Gasteiger partial charge in [0.2, 0.25) is 23.7 Å². The van der Waals surface area contributed by atoms with Crippen LogP contribution in [0.5, 0.6) is 0 Å². The number of carbonyl (C=O) groups is 10. The van der Waals surface area contributed by atoms with Gasteiger partial charge >= 0.3 is 35.8 Å². The number of ether oxygens (including phenoxy) is 1. The first kappa shape index (κ1) is 57.4. The zero-order valence-electron chi connectivity index (χ0n) is 37.5. The van der Waals surface area contributed by atoms with Crippen LogP contribution in [0.2, 0.25) is 0 Å². The largest absolute Gasteiger partial charge is 0.481 e. The molecule has 28 heteroatoms. The van der Waals surface area contributed by atoms with Crippen LogP contribution < -0.4 is 43.2 Å². The number of aliphatic carboxylic acids is 5. The standard InChI is InChI=1S/C43H51N9O17S2/c1-2-12-52(21-22-3-8-27-25(16-22)39(63)51-43(45)50-27)24-6-4-23(5-7-24)37(61)47-28(41(65)66)9-10-36(60)69-13-15-71-70-14-11-32(53)46-29(18-34(56)57)26(17-33(54)55)38(62)48-30(19-35(58)59)40(64)49-31(20-44)42(67)68/h1,3-8,16,26,28-31H,9-15,17-21,44H2,(H,46,53)(H,47,61)(H,48,62)(H,49,64)(H,54,55)(H,56,57)(H,58,59)(H,65,66)(H,67,68)(H3,45,50,51,63). The fraction of sp³-hybridized carbons (Fsp3) is 0.395. The number of nitrogens with two attached hydrogens (primary N) is 2. The maximum Gasteiger partial charge on any atom is 0.327 e. The number of carboxylic acids is 5.